The molecule has 1 heterocycles. The molecule has 1 amide bonds. The first-order chi connectivity index (χ1) is 9.60. The number of carbonyl (C=O) groups excluding carboxylic acids is 2. The van der Waals surface area contributed by atoms with Gasteiger partial charge in [-0.2, -0.15) is 0 Å². The number of pyridine rings is 1. The molecule has 0 unspecified atom stereocenters. The van der Waals surface area contributed by atoms with Gasteiger partial charge in [0.05, 0.1) is 0 Å². The van der Waals surface area contributed by atoms with Crippen molar-refractivity contribution in [3.05, 3.63) is 34.2 Å². The summed E-state index contributed by atoms with van der Waals surface area (Å²) in [7, 11) is 0. The lowest BCUT2D eigenvalue weighted by molar-refractivity contribution is -0.158. The van der Waals surface area contributed by atoms with Gasteiger partial charge in [-0.3, -0.25) is 9.59 Å². The highest BCUT2D eigenvalue weighted by Crippen LogP contribution is 2.12. The van der Waals surface area contributed by atoms with Crippen LogP contribution in [-0.4, -0.2) is 28.5 Å². The number of ether oxygens (including phenoxy) is 1. The van der Waals surface area contributed by atoms with Crippen LogP contribution in [0.2, 0.25) is 0 Å². The van der Waals surface area contributed by atoms with Crippen LogP contribution in [0.5, 0.6) is 0 Å². The second-order valence-electron chi connectivity index (χ2n) is 6.16. The van der Waals surface area contributed by atoms with Gasteiger partial charge >= 0.3 is 5.97 Å². The first kappa shape index (κ1) is 16.9. The average molecular weight is 294 g/mol. The molecule has 0 radical (unpaired) electrons. The van der Waals surface area contributed by atoms with Gasteiger partial charge in [0.1, 0.15) is 17.3 Å². The molecule has 116 valence electrons. The van der Waals surface area contributed by atoms with E-state index in [0.29, 0.717) is 0 Å². The molecular weight excluding hydrogens is 272 g/mol. The third-order valence-electron chi connectivity index (χ3n) is 2.63. The average Bonchev–Trinajstić information content (AvgIpc) is 2.32. The maximum absolute atomic E-state index is 12.1. The zero-order chi connectivity index (χ0) is 16.2. The molecule has 0 bridgehead atoms. The lowest BCUT2D eigenvalue weighted by atomic mass is 10.0. The minimum Gasteiger partial charge on any atom is -0.458 e. The van der Waals surface area contributed by atoms with Crippen LogP contribution in [0.15, 0.2) is 23.0 Å². The molecular formula is C15H22N2O4. The standard InChI is InChI=1S/C15H22N2O4/c1-9(2)12(14(20)21-15(3,4)5)17-13(19)10-7-6-8-11(18)16-10/h6-9,12H,1-5H3,(H,16,18)(H,17,19)/t12-/m0/s1. The molecule has 0 spiro atoms. The number of hydrogen-bond acceptors (Lipinski definition) is 4. The molecule has 0 saturated carbocycles. The fraction of sp³-hybridized carbons (Fsp3) is 0.533. The minimum absolute atomic E-state index is 0.108. The van der Waals surface area contributed by atoms with Crippen LogP contribution >= 0.6 is 0 Å². The van der Waals surface area contributed by atoms with Gasteiger partial charge in [-0.05, 0) is 32.8 Å². The van der Waals surface area contributed by atoms with Crippen LogP contribution in [0.1, 0.15) is 45.1 Å². The summed E-state index contributed by atoms with van der Waals surface area (Å²) in [6.45, 7) is 8.90. The number of carbonyl (C=O) groups is 2. The zero-order valence-corrected chi connectivity index (χ0v) is 13.0. The van der Waals surface area contributed by atoms with Crippen molar-refractivity contribution in [1.82, 2.24) is 10.3 Å². The minimum atomic E-state index is -0.777. The molecule has 0 aliphatic heterocycles. The Morgan fingerprint density at radius 3 is 2.33 bits per heavy atom. The number of aromatic amines is 1. The maximum Gasteiger partial charge on any atom is 0.329 e. The van der Waals surface area contributed by atoms with Gasteiger partial charge in [0, 0.05) is 6.07 Å². The molecule has 0 aromatic carbocycles. The number of esters is 1. The summed E-state index contributed by atoms with van der Waals surface area (Å²) < 4.78 is 5.30. The molecule has 6 heteroatoms. The summed E-state index contributed by atoms with van der Waals surface area (Å²) >= 11 is 0. The summed E-state index contributed by atoms with van der Waals surface area (Å²) in [5.41, 5.74) is -0.895. The van der Waals surface area contributed by atoms with Gasteiger partial charge in [-0.25, -0.2) is 4.79 Å². The Labute approximate surface area is 123 Å². The summed E-state index contributed by atoms with van der Waals surface area (Å²) in [5, 5.41) is 2.60. The van der Waals surface area contributed by atoms with Crippen molar-refractivity contribution < 1.29 is 14.3 Å². The van der Waals surface area contributed by atoms with Gasteiger partial charge in [0.25, 0.3) is 5.91 Å². The highest BCUT2D eigenvalue weighted by Gasteiger charge is 2.29. The van der Waals surface area contributed by atoms with E-state index in [1.165, 1.54) is 18.2 Å². The van der Waals surface area contributed by atoms with E-state index < -0.39 is 23.5 Å². The molecule has 1 aromatic heterocycles. The number of H-pyrrole nitrogens is 1. The fourth-order valence-corrected chi connectivity index (χ4v) is 1.66. The Balaban J connectivity index is 2.86. The highest BCUT2D eigenvalue weighted by molar-refractivity contribution is 5.95. The van der Waals surface area contributed by atoms with Crippen LogP contribution < -0.4 is 10.9 Å². The smallest absolute Gasteiger partial charge is 0.329 e. The van der Waals surface area contributed by atoms with E-state index in [-0.39, 0.29) is 17.2 Å². The van der Waals surface area contributed by atoms with Crippen molar-refractivity contribution in [3.63, 3.8) is 0 Å². The van der Waals surface area contributed by atoms with Crippen molar-refractivity contribution in [1.29, 1.82) is 0 Å². The largest absolute Gasteiger partial charge is 0.458 e. The Kier molecular flexibility index (Phi) is 5.29. The van der Waals surface area contributed by atoms with E-state index in [2.05, 4.69) is 10.3 Å². The van der Waals surface area contributed by atoms with Crippen molar-refractivity contribution in [2.24, 2.45) is 5.92 Å². The van der Waals surface area contributed by atoms with E-state index in [1.807, 2.05) is 13.8 Å². The Morgan fingerprint density at radius 1 is 1.24 bits per heavy atom. The highest BCUT2D eigenvalue weighted by atomic mass is 16.6. The number of hydrogen-bond donors (Lipinski definition) is 2. The molecule has 1 aromatic rings. The number of aromatic nitrogens is 1. The monoisotopic (exact) mass is 294 g/mol. The van der Waals surface area contributed by atoms with Crippen molar-refractivity contribution in [3.8, 4) is 0 Å². The van der Waals surface area contributed by atoms with Crippen LogP contribution in [0, 0.1) is 5.92 Å². The Morgan fingerprint density at radius 2 is 1.86 bits per heavy atom. The summed E-state index contributed by atoms with van der Waals surface area (Å²) in [6, 6.07) is 3.49. The SMILES string of the molecule is CC(C)[C@H](NC(=O)c1cccc(=O)[nH]1)C(=O)OC(C)(C)C. The summed E-state index contributed by atoms with van der Waals surface area (Å²) in [4.78, 5) is 37.8. The molecule has 1 atom stereocenters. The third kappa shape index (κ3) is 5.41. The zero-order valence-electron chi connectivity index (χ0n) is 13.0. The summed E-state index contributed by atoms with van der Waals surface area (Å²) in [5.74, 6) is -1.15. The van der Waals surface area contributed by atoms with Gasteiger partial charge < -0.3 is 15.0 Å². The van der Waals surface area contributed by atoms with Gasteiger partial charge in [0.15, 0.2) is 0 Å². The van der Waals surface area contributed by atoms with Crippen LogP contribution in [0.3, 0.4) is 0 Å². The van der Waals surface area contributed by atoms with Crippen molar-refractivity contribution in [2.75, 3.05) is 0 Å². The molecule has 0 fully saturated rings. The molecule has 21 heavy (non-hydrogen) atoms. The predicted molar refractivity (Wildman–Crippen MR) is 79.0 cm³/mol. The molecule has 1 rings (SSSR count). The lowest BCUT2D eigenvalue weighted by Crippen LogP contribution is -2.47. The van der Waals surface area contributed by atoms with E-state index >= 15 is 0 Å². The van der Waals surface area contributed by atoms with Gasteiger partial charge in [-0.1, -0.05) is 19.9 Å². The lowest BCUT2D eigenvalue weighted by Gasteiger charge is -2.26. The van der Waals surface area contributed by atoms with Gasteiger partial charge in [-0.15, -0.1) is 0 Å². The summed E-state index contributed by atoms with van der Waals surface area (Å²) in [6.07, 6.45) is 0. The van der Waals surface area contributed by atoms with E-state index in [1.54, 1.807) is 20.8 Å². The van der Waals surface area contributed by atoms with Crippen LogP contribution in [0.4, 0.5) is 0 Å². The first-order valence-electron chi connectivity index (χ1n) is 6.83. The number of nitrogens with one attached hydrogen (secondary N) is 2. The number of amides is 1. The second-order valence-corrected chi connectivity index (χ2v) is 6.16. The topological polar surface area (TPSA) is 88.3 Å². The Bertz CT molecular complexity index is 570. The quantitative estimate of drug-likeness (QED) is 0.823. The first-order valence-corrected chi connectivity index (χ1v) is 6.83. The Hall–Kier alpha value is -2.11. The molecule has 0 saturated heterocycles. The molecule has 6 nitrogen and oxygen atoms in total. The maximum atomic E-state index is 12.1. The van der Waals surface area contributed by atoms with Crippen molar-refractivity contribution >= 4 is 11.9 Å². The normalized spacial score (nSPS) is 12.9. The fourth-order valence-electron chi connectivity index (χ4n) is 1.66. The molecule has 2 N–H and O–H groups in total. The van der Waals surface area contributed by atoms with E-state index in [9.17, 15) is 14.4 Å². The van der Waals surface area contributed by atoms with Gasteiger partial charge in [0.2, 0.25) is 5.56 Å². The molecule has 0 aliphatic rings. The van der Waals surface area contributed by atoms with E-state index in [4.69, 9.17) is 4.74 Å². The second kappa shape index (κ2) is 6.56. The van der Waals surface area contributed by atoms with Crippen LogP contribution in [0.25, 0.3) is 0 Å². The van der Waals surface area contributed by atoms with E-state index in [0.717, 1.165) is 0 Å². The van der Waals surface area contributed by atoms with Crippen LogP contribution in [-0.2, 0) is 9.53 Å². The predicted octanol–water partition coefficient (Wildman–Crippen LogP) is 1.47. The molecule has 0 aliphatic carbocycles. The number of rotatable bonds is 4. The third-order valence-corrected chi connectivity index (χ3v) is 2.63. The van der Waals surface area contributed by atoms with Crippen molar-refractivity contribution in [2.45, 2.75) is 46.3 Å².